The number of halogens is 1. The number of aromatic amines is 1. The van der Waals surface area contributed by atoms with Crippen molar-refractivity contribution in [1.82, 2.24) is 9.88 Å². The summed E-state index contributed by atoms with van der Waals surface area (Å²) in [6.45, 7) is 5.14. The molecule has 0 atom stereocenters. The van der Waals surface area contributed by atoms with E-state index in [1.807, 2.05) is 19.2 Å². The molecule has 0 saturated carbocycles. The largest absolute Gasteiger partial charge is 0.381 e. The minimum atomic E-state index is 0.724. The van der Waals surface area contributed by atoms with Crippen LogP contribution in [0.3, 0.4) is 0 Å². The molecular weight excluding hydrogens is 480 g/mol. The quantitative estimate of drug-likeness (QED) is 0.295. The number of H-pyrrole nitrogens is 1. The van der Waals surface area contributed by atoms with Gasteiger partial charge < -0.3 is 10.1 Å². The molecule has 0 spiro atoms. The topological polar surface area (TPSA) is 44.2 Å². The van der Waals surface area contributed by atoms with Crippen molar-refractivity contribution >= 4 is 23.0 Å². The Hall–Kier alpha value is -3.12. The third-order valence-corrected chi connectivity index (χ3v) is 8.05. The fourth-order valence-corrected chi connectivity index (χ4v) is 5.91. The van der Waals surface area contributed by atoms with E-state index in [0.29, 0.717) is 0 Å². The Labute approximate surface area is 224 Å². The van der Waals surface area contributed by atoms with Gasteiger partial charge in [0.25, 0.3) is 5.82 Å². The Morgan fingerprint density at radius 1 is 1.05 bits per heavy atom. The molecule has 6 heteroatoms. The van der Waals surface area contributed by atoms with Crippen LogP contribution in [0.5, 0.6) is 0 Å². The van der Waals surface area contributed by atoms with Crippen LogP contribution < -0.4 is 9.88 Å². The zero-order chi connectivity index (χ0) is 25.2. The lowest BCUT2D eigenvalue weighted by Crippen LogP contribution is -2.36. The Kier molecular flexibility index (Phi) is 7.01. The predicted molar refractivity (Wildman–Crippen MR) is 150 cm³/mol. The van der Waals surface area contributed by atoms with Crippen LogP contribution in [-0.4, -0.2) is 36.2 Å². The van der Waals surface area contributed by atoms with Crippen molar-refractivity contribution < 1.29 is 9.30 Å². The second-order valence-electron chi connectivity index (χ2n) is 10.3. The summed E-state index contributed by atoms with van der Waals surface area (Å²) in [5.41, 5.74) is 8.28. The standard InChI is InChI=1S/C31H33ClN4O/c1-35-21-30(23-6-3-2-4-7-23)34-31(35)27-18-25(10-11-28(27)32)33-29-9-5-8-24-20-36(15-12-26(24)29)19-22-13-16-37-17-14-22/h2-11,18,21-22,33H,12-17,19-20H2,1H3/p+1. The highest BCUT2D eigenvalue weighted by atomic mass is 35.5. The highest BCUT2D eigenvalue weighted by Crippen LogP contribution is 2.33. The highest BCUT2D eigenvalue weighted by Gasteiger charge is 2.24. The number of anilines is 2. The smallest absolute Gasteiger partial charge is 0.288 e. The van der Waals surface area contributed by atoms with Crippen molar-refractivity contribution in [3.63, 3.8) is 0 Å². The molecule has 0 unspecified atom stereocenters. The normalized spacial score (nSPS) is 16.5. The Morgan fingerprint density at radius 2 is 1.89 bits per heavy atom. The van der Waals surface area contributed by atoms with Gasteiger partial charge in [0.2, 0.25) is 0 Å². The Bertz CT molecular complexity index is 1380. The fourth-order valence-electron chi connectivity index (χ4n) is 5.70. The molecule has 37 heavy (non-hydrogen) atoms. The summed E-state index contributed by atoms with van der Waals surface area (Å²) in [5.74, 6) is 1.74. The van der Waals surface area contributed by atoms with Gasteiger partial charge >= 0.3 is 0 Å². The maximum Gasteiger partial charge on any atom is 0.288 e. The van der Waals surface area contributed by atoms with Crippen LogP contribution in [-0.2, 0) is 24.8 Å². The first kappa shape index (κ1) is 24.2. The summed E-state index contributed by atoms with van der Waals surface area (Å²) in [7, 11) is 2.05. The summed E-state index contributed by atoms with van der Waals surface area (Å²) >= 11 is 6.70. The van der Waals surface area contributed by atoms with Crippen LogP contribution in [0.25, 0.3) is 22.6 Å². The number of aromatic nitrogens is 2. The SMILES string of the molecule is C[n+]1cc(-c2ccccc2)[nH]c1-c1cc(Nc2cccc3c2CCN(CC2CCOCC2)C3)ccc1Cl. The molecule has 3 aromatic carbocycles. The number of aryl methyl sites for hydroxylation is 1. The van der Waals surface area contributed by atoms with E-state index in [2.05, 4.69) is 80.6 Å². The van der Waals surface area contributed by atoms with Crippen molar-refractivity contribution in [1.29, 1.82) is 0 Å². The molecular formula is C31H34ClN4O+. The van der Waals surface area contributed by atoms with Crippen LogP contribution in [0.1, 0.15) is 24.0 Å². The Morgan fingerprint density at radius 3 is 2.73 bits per heavy atom. The van der Waals surface area contributed by atoms with Crippen molar-refractivity contribution in [2.24, 2.45) is 13.0 Å². The predicted octanol–water partition coefficient (Wildman–Crippen LogP) is 6.35. The lowest BCUT2D eigenvalue weighted by atomic mass is 9.94. The summed E-state index contributed by atoms with van der Waals surface area (Å²) in [6.07, 6.45) is 5.56. The number of nitrogens with zero attached hydrogens (tertiary/aromatic N) is 2. The summed E-state index contributed by atoms with van der Waals surface area (Å²) in [6, 6.07) is 23.2. The second-order valence-corrected chi connectivity index (χ2v) is 10.7. The molecule has 0 bridgehead atoms. The summed E-state index contributed by atoms with van der Waals surface area (Å²) in [4.78, 5) is 6.19. The zero-order valence-electron chi connectivity index (χ0n) is 21.3. The first-order valence-corrected chi connectivity index (χ1v) is 13.6. The summed E-state index contributed by atoms with van der Waals surface area (Å²) in [5, 5.41) is 4.43. The van der Waals surface area contributed by atoms with E-state index in [0.717, 1.165) is 72.0 Å². The Balaban J connectivity index is 1.22. The minimum absolute atomic E-state index is 0.724. The van der Waals surface area contributed by atoms with Gasteiger partial charge in [0.15, 0.2) is 5.69 Å². The van der Waals surface area contributed by atoms with Gasteiger partial charge in [-0.3, -0.25) is 4.90 Å². The molecule has 1 saturated heterocycles. The molecule has 2 N–H and O–H groups in total. The monoisotopic (exact) mass is 513 g/mol. The first-order chi connectivity index (χ1) is 18.1. The number of fused-ring (bicyclic) bond motifs is 1. The number of rotatable bonds is 6. The van der Waals surface area contributed by atoms with E-state index >= 15 is 0 Å². The average molecular weight is 514 g/mol. The molecule has 4 aromatic rings. The average Bonchev–Trinajstić information content (AvgIpc) is 3.32. The number of nitrogens with one attached hydrogen (secondary N) is 2. The van der Waals surface area contributed by atoms with E-state index in [9.17, 15) is 0 Å². The molecule has 190 valence electrons. The molecule has 0 aliphatic carbocycles. The van der Waals surface area contributed by atoms with Gasteiger partial charge in [-0.1, -0.05) is 54.1 Å². The molecule has 0 radical (unpaired) electrons. The molecule has 6 rings (SSSR count). The van der Waals surface area contributed by atoms with E-state index in [-0.39, 0.29) is 0 Å². The van der Waals surface area contributed by atoms with Gasteiger partial charge in [0.1, 0.15) is 6.20 Å². The minimum Gasteiger partial charge on any atom is -0.381 e. The van der Waals surface area contributed by atoms with E-state index in [1.165, 1.54) is 36.2 Å². The highest BCUT2D eigenvalue weighted by molar-refractivity contribution is 6.33. The van der Waals surface area contributed by atoms with Crippen molar-refractivity contribution in [2.45, 2.75) is 25.8 Å². The lowest BCUT2D eigenvalue weighted by Gasteiger charge is -2.34. The van der Waals surface area contributed by atoms with Crippen LogP contribution in [0, 0.1) is 5.92 Å². The van der Waals surface area contributed by atoms with E-state index in [4.69, 9.17) is 16.3 Å². The maximum absolute atomic E-state index is 6.70. The van der Waals surface area contributed by atoms with Crippen LogP contribution in [0.4, 0.5) is 11.4 Å². The van der Waals surface area contributed by atoms with Gasteiger partial charge in [0.05, 0.1) is 17.6 Å². The van der Waals surface area contributed by atoms with Crippen molar-refractivity contribution in [3.8, 4) is 22.6 Å². The zero-order valence-corrected chi connectivity index (χ0v) is 22.1. The van der Waals surface area contributed by atoms with Gasteiger partial charge in [0, 0.05) is 49.8 Å². The van der Waals surface area contributed by atoms with Crippen molar-refractivity contribution in [3.05, 3.63) is 89.1 Å². The maximum atomic E-state index is 6.70. The van der Waals surface area contributed by atoms with Crippen LogP contribution in [0.15, 0.2) is 72.9 Å². The molecule has 1 aromatic heterocycles. The van der Waals surface area contributed by atoms with Gasteiger partial charge in [-0.25, -0.2) is 9.55 Å². The van der Waals surface area contributed by atoms with Gasteiger partial charge in [-0.15, -0.1) is 0 Å². The molecule has 0 amide bonds. The number of hydrogen-bond donors (Lipinski definition) is 2. The number of ether oxygens (including phenoxy) is 1. The lowest BCUT2D eigenvalue weighted by molar-refractivity contribution is -0.658. The van der Waals surface area contributed by atoms with E-state index < -0.39 is 0 Å². The number of imidazole rings is 1. The molecule has 1 fully saturated rings. The fraction of sp³-hybridized carbons (Fsp3) is 0.323. The molecule has 2 aliphatic heterocycles. The van der Waals surface area contributed by atoms with E-state index in [1.54, 1.807) is 0 Å². The van der Waals surface area contributed by atoms with Gasteiger partial charge in [-0.05, 0) is 60.6 Å². The second kappa shape index (κ2) is 10.7. The number of benzene rings is 3. The summed E-state index contributed by atoms with van der Waals surface area (Å²) < 4.78 is 7.65. The third kappa shape index (κ3) is 5.30. The van der Waals surface area contributed by atoms with Gasteiger partial charge in [-0.2, -0.15) is 0 Å². The molecule has 5 nitrogen and oxygen atoms in total. The van der Waals surface area contributed by atoms with Crippen LogP contribution >= 0.6 is 11.6 Å². The first-order valence-electron chi connectivity index (χ1n) is 13.3. The molecule has 2 aliphatic rings. The number of hydrogen-bond acceptors (Lipinski definition) is 3. The van der Waals surface area contributed by atoms with Crippen molar-refractivity contribution in [2.75, 3.05) is 31.6 Å². The third-order valence-electron chi connectivity index (χ3n) is 7.72. The molecule has 3 heterocycles. The van der Waals surface area contributed by atoms with Crippen LogP contribution in [0.2, 0.25) is 5.02 Å².